The van der Waals surface area contributed by atoms with Crippen molar-refractivity contribution in [3.63, 3.8) is 0 Å². The molecule has 0 saturated carbocycles. The average molecular weight is 484 g/mol. The summed E-state index contributed by atoms with van der Waals surface area (Å²) < 4.78 is 196. The van der Waals surface area contributed by atoms with Gasteiger partial charge in [0.25, 0.3) is 0 Å². The van der Waals surface area contributed by atoms with Crippen LogP contribution in [0, 0.1) is 5.41 Å². The predicted octanol–water partition coefficient (Wildman–Crippen LogP) is 5.95. The Bertz CT molecular complexity index is 625. The van der Waals surface area contributed by atoms with E-state index in [-0.39, 0.29) is 6.92 Å². The molecule has 1 unspecified atom stereocenters. The van der Waals surface area contributed by atoms with E-state index in [0.717, 1.165) is 0 Å². The molecule has 0 N–H and O–H groups in total. The zero-order chi connectivity index (χ0) is 24.8. The molecule has 0 heterocycles. The molecular weight excluding hydrogens is 473 g/mol. The van der Waals surface area contributed by atoms with Gasteiger partial charge in [-0.3, -0.25) is 4.79 Å². The lowest BCUT2D eigenvalue weighted by atomic mass is 9.87. The summed E-state index contributed by atoms with van der Waals surface area (Å²) in [5.74, 6) is -39.8. The number of ether oxygens (including phenoxy) is 1. The molecule has 0 aliphatic carbocycles. The Labute approximate surface area is 157 Å². The summed E-state index contributed by atoms with van der Waals surface area (Å²) in [5, 5.41) is 0. The molecule has 0 aliphatic heterocycles. The number of carbonyl (C=O) groups is 1. The molecule has 0 spiro atoms. The Morgan fingerprint density at radius 2 is 1.17 bits per heavy atom. The van der Waals surface area contributed by atoms with Crippen molar-refractivity contribution in [2.75, 3.05) is 6.61 Å². The molecule has 0 fully saturated rings. The van der Waals surface area contributed by atoms with Gasteiger partial charge in [-0.25, -0.2) is 8.78 Å². The van der Waals surface area contributed by atoms with Crippen LogP contribution in [0.2, 0.25) is 0 Å². The van der Waals surface area contributed by atoms with Crippen molar-refractivity contribution in [1.82, 2.24) is 0 Å². The molecule has 0 radical (unpaired) electrons. The summed E-state index contributed by atoms with van der Waals surface area (Å²) in [6, 6.07) is 0. The fourth-order valence-electron chi connectivity index (χ4n) is 1.64. The van der Waals surface area contributed by atoms with Gasteiger partial charge in [-0.1, -0.05) is 6.92 Å². The van der Waals surface area contributed by atoms with Crippen molar-refractivity contribution in [2.24, 2.45) is 5.41 Å². The van der Waals surface area contributed by atoms with Crippen molar-refractivity contribution in [3.05, 3.63) is 0 Å². The summed E-state index contributed by atoms with van der Waals surface area (Å²) in [5.41, 5.74) is -3.62. The van der Waals surface area contributed by atoms with E-state index in [1.54, 1.807) is 0 Å². The third-order valence-electron chi connectivity index (χ3n) is 4.11. The third kappa shape index (κ3) is 4.11. The van der Waals surface area contributed by atoms with E-state index in [9.17, 15) is 70.7 Å². The van der Waals surface area contributed by atoms with Crippen LogP contribution in [-0.2, 0) is 9.53 Å². The molecule has 0 aromatic rings. The minimum atomic E-state index is -7.87. The van der Waals surface area contributed by atoms with E-state index in [1.165, 1.54) is 0 Å². The number of alkyl halides is 15. The Morgan fingerprint density at radius 3 is 1.47 bits per heavy atom. The van der Waals surface area contributed by atoms with Gasteiger partial charge in [-0.2, -0.15) is 57.1 Å². The average Bonchev–Trinajstić information content (AvgIpc) is 2.56. The van der Waals surface area contributed by atoms with Crippen LogP contribution in [-0.4, -0.2) is 54.8 Å². The van der Waals surface area contributed by atoms with Gasteiger partial charge < -0.3 is 4.74 Å². The molecule has 0 saturated heterocycles. The fraction of sp³-hybridized carbons (Fsp3) is 0.923. The Kier molecular flexibility index (Phi) is 7.42. The van der Waals surface area contributed by atoms with Gasteiger partial charge >= 0.3 is 48.2 Å². The molecule has 0 aromatic carbocycles. The smallest absolute Gasteiger partial charge is 0.404 e. The van der Waals surface area contributed by atoms with Crippen molar-refractivity contribution < 1.29 is 75.4 Å². The molecule has 17 heteroatoms. The summed E-state index contributed by atoms with van der Waals surface area (Å²) in [6.45, 7) is -2.70. The summed E-state index contributed by atoms with van der Waals surface area (Å²) in [4.78, 5) is 11.3. The van der Waals surface area contributed by atoms with E-state index in [4.69, 9.17) is 0 Å². The van der Waals surface area contributed by atoms with Crippen LogP contribution in [0.15, 0.2) is 0 Å². The lowest BCUT2D eigenvalue weighted by molar-refractivity contribution is -0.414. The van der Waals surface area contributed by atoms with Gasteiger partial charge in [0.05, 0.1) is 0 Å². The zero-order valence-corrected chi connectivity index (χ0v) is 14.5. The molecule has 0 bridgehead atoms. The van der Waals surface area contributed by atoms with E-state index < -0.39 is 66.6 Å². The van der Waals surface area contributed by atoms with Gasteiger partial charge in [0.1, 0.15) is 0 Å². The Hall–Kier alpha value is -1.58. The highest BCUT2D eigenvalue weighted by Gasteiger charge is 2.88. The predicted molar refractivity (Wildman–Crippen MR) is 66.2 cm³/mol. The number of rotatable bonds is 9. The van der Waals surface area contributed by atoms with E-state index >= 15 is 0 Å². The second-order valence-corrected chi connectivity index (χ2v) is 6.11. The first-order valence-electron chi connectivity index (χ1n) is 7.29. The zero-order valence-electron chi connectivity index (χ0n) is 14.5. The van der Waals surface area contributed by atoms with Gasteiger partial charge in [-0.05, 0) is 13.3 Å². The molecule has 30 heavy (non-hydrogen) atoms. The quantitative estimate of drug-likeness (QED) is 0.299. The van der Waals surface area contributed by atoms with Crippen molar-refractivity contribution in [3.8, 4) is 0 Å². The molecule has 0 rings (SSSR count). The molecule has 0 amide bonds. The first kappa shape index (κ1) is 28.4. The summed E-state index contributed by atoms with van der Waals surface area (Å²) in [6.07, 6.45) is -12.4. The monoisotopic (exact) mass is 484 g/mol. The van der Waals surface area contributed by atoms with Crippen LogP contribution >= 0.6 is 0 Å². The van der Waals surface area contributed by atoms with Crippen LogP contribution in [0.25, 0.3) is 0 Å². The van der Waals surface area contributed by atoms with Crippen LogP contribution in [0.4, 0.5) is 65.9 Å². The molecule has 2 nitrogen and oxygen atoms in total. The highest BCUT2D eigenvalue weighted by molar-refractivity contribution is 5.77. The van der Waals surface area contributed by atoms with Crippen LogP contribution in [0.3, 0.4) is 0 Å². The number of esters is 1. The Morgan fingerprint density at radius 1 is 0.767 bits per heavy atom. The maximum Gasteiger partial charge on any atom is 0.404 e. The Balaban J connectivity index is 5.96. The molecule has 0 aliphatic rings. The van der Waals surface area contributed by atoms with E-state index in [1.807, 2.05) is 0 Å². The van der Waals surface area contributed by atoms with Gasteiger partial charge in [0, 0.05) is 0 Å². The van der Waals surface area contributed by atoms with Gasteiger partial charge in [-0.15, -0.1) is 0 Å². The van der Waals surface area contributed by atoms with Crippen LogP contribution < -0.4 is 0 Å². The molecular formula is C13H11F15O2. The first-order chi connectivity index (χ1) is 12.9. The number of carbonyl (C=O) groups excluding carboxylic acids is 1. The van der Waals surface area contributed by atoms with Crippen molar-refractivity contribution >= 4 is 5.97 Å². The summed E-state index contributed by atoms with van der Waals surface area (Å²) >= 11 is 0. The van der Waals surface area contributed by atoms with Crippen molar-refractivity contribution in [2.45, 2.75) is 62.5 Å². The third-order valence-corrected chi connectivity index (χ3v) is 4.11. The lowest BCUT2D eigenvalue weighted by Gasteiger charge is -2.39. The minimum absolute atomic E-state index is 0.0393. The van der Waals surface area contributed by atoms with Crippen molar-refractivity contribution in [1.29, 1.82) is 0 Å². The standard InChI is InChI=1S/C13H11F15O2/c1-3-7(2,13(26,27)28)6(29)30-4-8(16,17)10(20,21)12(24,25)11(22,23)9(18,19)5(14)15/h5H,3-4H2,1-2H3. The van der Waals surface area contributed by atoms with Gasteiger partial charge in [0.2, 0.25) is 0 Å². The van der Waals surface area contributed by atoms with Gasteiger partial charge in [0.15, 0.2) is 12.0 Å². The second kappa shape index (κ2) is 7.84. The first-order valence-corrected chi connectivity index (χ1v) is 7.29. The van der Waals surface area contributed by atoms with Crippen LogP contribution in [0.1, 0.15) is 20.3 Å². The number of hydrogen-bond acceptors (Lipinski definition) is 2. The largest absolute Gasteiger partial charge is 0.458 e. The number of hydrogen-bond donors (Lipinski definition) is 0. The second-order valence-electron chi connectivity index (χ2n) is 6.11. The summed E-state index contributed by atoms with van der Waals surface area (Å²) in [7, 11) is 0. The fourth-order valence-corrected chi connectivity index (χ4v) is 1.64. The molecule has 0 aromatic heterocycles. The topological polar surface area (TPSA) is 26.3 Å². The van der Waals surface area contributed by atoms with E-state index in [0.29, 0.717) is 6.92 Å². The SMILES string of the molecule is CCC(C)(C(=O)OCC(F)(F)C(F)(F)C(F)(F)C(F)(F)C(F)(F)C(F)F)C(F)(F)F. The maximum atomic E-state index is 13.4. The maximum absolute atomic E-state index is 13.4. The van der Waals surface area contributed by atoms with Crippen LogP contribution in [0.5, 0.6) is 0 Å². The normalized spacial score (nSPS) is 17.1. The lowest BCUT2D eigenvalue weighted by Crippen LogP contribution is -2.69. The number of halogens is 15. The molecule has 180 valence electrons. The highest BCUT2D eigenvalue weighted by Crippen LogP contribution is 2.58. The minimum Gasteiger partial charge on any atom is -0.458 e. The molecule has 1 atom stereocenters. The van der Waals surface area contributed by atoms with E-state index in [2.05, 4.69) is 4.74 Å². The highest BCUT2D eigenvalue weighted by atomic mass is 19.4.